The molecule has 144 valence electrons. The molecule has 4 rings (SSSR count). The Morgan fingerprint density at radius 3 is 2.67 bits per heavy atom. The largest absolute Gasteiger partial charge is 0.341 e. The Balaban J connectivity index is 1.53. The molecule has 0 bridgehead atoms. The average molecular weight is 367 g/mol. The highest BCUT2D eigenvalue weighted by molar-refractivity contribution is 5.80. The number of rotatable bonds is 4. The van der Waals surface area contributed by atoms with Crippen molar-refractivity contribution in [3.8, 4) is 0 Å². The van der Waals surface area contributed by atoms with Crippen LogP contribution in [-0.2, 0) is 18.4 Å². The Morgan fingerprint density at radius 1 is 1.26 bits per heavy atom. The second-order valence-electron chi connectivity index (χ2n) is 8.18. The van der Waals surface area contributed by atoms with Gasteiger partial charge in [-0.2, -0.15) is 5.10 Å². The van der Waals surface area contributed by atoms with Crippen molar-refractivity contribution in [2.45, 2.75) is 51.7 Å². The van der Waals surface area contributed by atoms with E-state index < -0.39 is 0 Å². The molecule has 0 N–H and O–H groups in total. The number of aryl methyl sites for hydroxylation is 2. The lowest BCUT2D eigenvalue weighted by atomic mass is 9.93. The third-order valence-corrected chi connectivity index (χ3v) is 6.62. The van der Waals surface area contributed by atoms with Gasteiger partial charge in [-0.15, -0.1) is 0 Å². The molecule has 2 aromatic rings. The van der Waals surface area contributed by atoms with Crippen LogP contribution >= 0.6 is 0 Å². The van der Waals surface area contributed by atoms with Gasteiger partial charge < -0.3 is 4.90 Å². The van der Waals surface area contributed by atoms with Crippen LogP contribution in [0.4, 0.5) is 0 Å². The highest BCUT2D eigenvalue weighted by Gasteiger charge is 2.47. The molecular formula is C22H30N4O. The summed E-state index contributed by atoms with van der Waals surface area (Å²) in [7, 11) is 3.91. The fourth-order valence-corrected chi connectivity index (χ4v) is 5.08. The molecule has 3 atom stereocenters. The van der Waals surface area contributed by atoms with Crippen molar-refractivity contribution < 1.29 is 4.79 Å². The van der Waals surface area contributed by atoms with Crippen molar-refractivity contribution in [3.63, 3.8) is 0 Å². The fourth-order valence-electron chi connectivity index (χ4n) is 5.08. The second kappa shape index (κ2) is 7.12. The van der Waals surface area contributed by atoms with Crippen molar-refractivity contribution in [1.82, 2.24) is 19.6 Å². The summed E-state index contributed by atoms with van der Waals surface area (Å²) >= 11 is 0. The van der Waals surface area contributed by atoms with E-state index >= 15 is 0 Å². The van der Waals surface area contributed by atoms with Gasteiger partial charge in [0.2, 0.25) is 5.91 Å². The first-order chi connectivity index (χ1) is 13.0. The normalized spacial score (nSPS) is 25.0. The van der Waals surface area contributed by atoms with Gasteiger partial charge in [-0.1, -0.05) is 30.3 Å². The van der Waals surface area contributed by atoms with E-state index in [1.54, 1.807) is 0 Å². The number of nitrogens with zero attached hydrogens (tertiary/aromatic N) is 4. The van der Waals surface area contributed by atoms with Crippen LogP contribution in [0.5, 0.6) is 0 Å². The third-order valence-electron chi connectivity index (χ3n) is 6.62. The van der Waals surface area contributed by atoms with Crippen molar-refractivity contribution in [2.24, 2.45) is 13.0 Å². The Kier molecular flexibility index (Phi) is 4.81. The number of carbonyl (C=O) groups is 1. The summed E-state index contributed by atoms with van der Waals surface area (Å²) in [5.74, 6) is 0.382. The quantitative estimate of drug-likeness (QED) is 0.834. The van der Waals surface area contributed by atoms with Gasteiger partial charge in [0.05, 0.1) is 11.6 Å². The van der Waals surface area contributed by atoms with Crippen LogP contribution in [0.1, 0.15) is 47.8 Å². The fraction of sp³-hybridized carbons (Fsp3) is 0.545. The summed E-state index contributed by atoms with van der Waals surface area (Å²) in [6.07, 6.45) is 3.27. The van der Waals surface area contributed by atoms with Gasteiger partial charge in [-0.25, -0.2) is 0 Å². The zero-order valence-electron chi connectivity index (χ0n) is 16.9. The number of fused-ring (bicyclic) bond motifs is 1. The Labute approximate surface area is 162 Å². The zero-order chi connectivity index (χ0) is 19.1. The maximum absolute atomic E-state index is 13.4. The molecule has 27 heavy (non-hydrogen) atoms. The molecule has 5 heteroatoms. The second-order valence-corrected chi connectivity index (χ2v) is 8.18. The van der Waals surface area contributed by atoms with E-state index in [1.807, 2.05) is 30.6 Å². The predicted molar refractivity (Wildman–Crippen MR) is 106 cm³/mol. The van der Waals surface area contributed by atoms with Crippen LogP contribution in [0, 0.1) is 19.8 Å². The topological polar surface area (TPSA) is 41.4 Å². The molecule has 2 aliphatic rings. The summed E-state index contributed by atoms with van der Waals surface area (Å²) in [5, 5.41) is 4.50. The van der Waals surface area contributed by atoms with Gasteiger partial charge in [-0.3, -0.25) is 14.4 Å². The highest BCUT2D eigenvalue weighted by atomic mass is 16.2. The molecule has 2 saturated heterocycles. The number of aromatic nitrogens is 2. The lowest BCUT2D eigenvalue weighted by molar-refractivity contribution is -0.135. The van der Waals surface area contributed by atoms with E-state index in [0.29, 0.717) is 18.6 Å². The molecule has 0 spiro atoms. The van der Waals surface area contributed by atoms with Crippen LogP contribution in [0.2, 0.25) is 0 Å². The first kappa shape index (κ1) is 18.2. The Hall–Kier alpha value is -2.14. The number of hydrogen-bond acceptors (Lipinski definition) is 3. The molecule has 1 aromatic heterocycles. The van der Waals surface area contributed by atoms with Gasteiger partial charge in [0.15, 0.2) is 0 Å². The van der Waals surface area contributed by atoms with Gasteiger partial charge in [0, 0.05) is 44.0 Å². The minimum absolute atomic E-state index is 0.0972. The molecule has 5 nitrogen and oxygen atoms in total. The van der Waals surface area contributed by atoms with Crippen molar-refractivity contribution in [3.05, 3.63) is 52.8 Å². The van der Waals surface area contributed by atoms with Crippen LogP contribution in [0.15, 0.2) is 30.3 Å². The lowest BCUT2D eigenvalue weighted by Gasteiger charge is -2.26. The predicted octanol–water partition coefficient (Wildman–Crippen LogP) is 3.22. The van der Waals surface area contributed by atoms with Gasteiger partial charge in [-0.05, 0) is 45.2 Å². The van der Waals surface area contributed by atoms with Crippen molar-refractivity contribution in [1.29, 1.82) is 0 Å². The third kappa shape index (κ3) is 3.18. The minimum atomic E-state index is 0.0972. The standard InChI is InChI=1S/C22H30N4O/c1-15-19(16(2)25(4)23-15)14-24(3)22(27)18-13-21(17-9-6-5-7-10-17)26-12-8-11-20(18)26/h5-7,9-10,18,20-21H,8,11-14H2,1-4H3/t18-,20+,21-/m0/s1. The first-order valence-corrected chi connectivity index (χ1v) is 10.0. The maximum Gasteiger partial charge on any atom is 0.227 e. The van der Waals surface area contributed by atoms with Crippen LogP contribution in [0.3, 0.4) is 0 Å². The number of benzene rings is 1. The van der Waals surface area contributed by atoms with E-state index in [4.69, 9.17) is 0 Å². The summed E-state index contributed by atoms with van der Waals surface area (Å²) < 4.78 is 1.91. The number of amides is 1. The monoisotopic (exact) mass is 366 g/mol. The maximum atomic E-state index is 13.4. The van der Waals surface area contributed by atoms with Gasteiger partial charge >= 0.3 is 0 Å². The van der Waals surface area contributed by atoms with E-state index in [0.717, 1.165) is 30.8 Å². The van der Waals surface area contributed by atoms with Crippen LogP contribution in [-0.4, -0.2) is 45.1 Å². The molecule has 2 fully saturated rings. The molecule has 0 unspecified atom stereocenters. The zero-order valence-corrected chi connectivity index (χ0v) is 16.9. The average Bonchev–Trinajstić information content (AvgIpc) is 3.33. The molecule has 1 amide bonds. The Bertz CT molecular complexity index is 828. The molecular weight excluding hydrogens is 336 g/mol. The molecule has 2 aliphatic heterocycles. The van der Waals surface area contributed by atoms with Crippen LogP contribution in [0.25, 0.3) is 0 Å². The molecule has 1 aromatic carbocycles. The summed E-state index contributed by atoms with van der Waals surface area (Å²) in [6, 6.07) is 11.5. The molecule has 0 saturated carbocycles. The van der Waals surface area contributed by atoms with Crippen LogP contribution < -0.4 is 0 Å². The lowest BCUT2D eigenvalue weighted by Crippen LogP contribution is -2.38. The summed E-state index contributed by atoms with van der Waals surface area (Å²) in [6.45, 7) is 5.86. The Morgan fingerprint density at radius 2 is 2.00 bits per heavy atom. The first-order valence-electron chi connectivity index (χ1n) is 10.0. The SMILES string of the molecule is Cc1nn(C)c(C)c1CN(C)C(=O)[C@H]1C[C@@H](c2ccccc2)N2CCC[C@H]12. The van der Waals surface area contributed by atoms with Crippen molar-refractivity contribution in [2.75, 3.05) is 13.6 Å². The van der Waals surface area contributed by atoms with E-state index in [2.05, 4.69) is 47.3 Å². The van der Waals surface area contributed by atoms with E-state index in [1.165, 1.54) is 17.5 Å². The smallest absolute Gasteiger partial charge is 0.227 e. The summed E-state index contributed by atoms with van der Waals surface area (Å²) in [5.41, 5.74) is 4.68. The molecule has 0 radical (unpaired) electrons. The van der Waals surface area contributed by atoms with E-state index in [-0.39, 0.29) is 11.8 Å². The van der Waals surface area contributed by atoms with Gasteiger partial charge in [0.1, 0.15) is 0 Å². The number of hydrogen-bond donors (Lipinski definition) is 0. The number of carbonyl (C=O) groups excluding carboxylic acids is 1. The van der Waals surface area contributed by atoms with Crippen molar-refractivity contribution >= 4 is 5.91 Å². The summed E-state index contributed by atoms with van der Waals surface area (Å²) in [4.78, 5) is 17.9. The van der Waals surface area contributed by atoms with Gasteiger partial charge in [0.25, 0.3) is 0 Å². The molecule has 3 heterocycles. The molecule has 0 aliphatic carbocycles. The van der Waals surface area contributed by atoms with E-state index in [9.17, 15) is 4.79 Å². The minimum Gasteiger partial charge on any atom is -0.341 e. The highest BCUT2D eigenvalue weighted by Crippen LogP contribution is 2.45.